The van der Waals surface area contributed by atoms with Crippen LogP contribution in [0, 0.1) is 12.8 Å². The van der Waals surface area contributed by atoms with Crippen LogP contribution in [0.1, 0.15) is 43.5 Å². The first-order valence-corrected chi connectivity index (χ1v) is 9.57. The molecule has 0 spiro atoms. The number of aromatic nitrogens is 1. The van der Waals surface area contributed by atoms with E-state index in [-0.39, 0.29) is 0 Å². The molecule has 0 bridgehead atoms. The summed E-state index contributed by atoms with van der Waals surface area (Å²) in [6.07, 6.45) is 4.29. The van der Waals surface area contributed by atoms with Crippen molar-refractivity contribution in [3.63, 3.8) is 0 Å². The highest BCUT2D eigenvalue weighted by molar-refractivity contribution is 7.11. The Morgan fingerprint density at radius 2 is 2.17 bits per heavy atom. The van der Waals surface area contributed by atoms with Crippen molar-refractivity contribution in [1.29, 1.82) is 0 Å². The number of nitrogens with one attached hydrogen (secondary N) is 2. The summed E-state index contributed by atoms with van der Waals surface area (Å²) in [5, 5.41) is 8.02. The number of piperidine rings is 1. The van der Waals surface area contributed by atoms with Crippen molar-refractivity contribution >= 4 is 17.3 Å². The monoisotopic (exact) mass is 337 g/mol. The molecular weight excluding hydrogens is 306 g/mol. The number of aliphatic imine (C=N–C) groups is 1. The number of aryl methyl sites for hydroxylation is 1. The molecule has 1 fully saturated rings. The van der Waals surface area contributed by atoms with Crippen LogP contribution in [0.15, 0.2) is 11.2 Å². The molecule has 23 heavy (non-hydrogen) atoms. The summed E-state index contributed by atoms with van der Waals surface area (Å²) in [7, 11) is 0. The van der Waals surface area contributed by atoms with Gasteiger partial charge in [0.2, 0.25) is 0 Å². The maximum atomic E-state index is 4.69. The van der Waals surface area contributed by atoms with E-state index in [9.17, 15) is 0 Å². The van der Waals surface area contributed by atoms with Crippen LogP contribution in [0.3, 0.4) is 0 Å². The Bertz CT molecular complexity index is 489. The quantitative estimate of drug-likeness (QED) is 0.619. The highest BCUT2D eigenvalue weighted by Gasteiger charge is 2.20. The minimum Gasteiger partial charge on any atom is -0.357 e. The molecule has 0 unspecified atom stereocenters. The lowest BCUT2D eigenvalue weighted by molar-refractivity contribution is 0.187. The van der Waals surface area contributed by atoms with Crippen molar-refractivity contribution in [2.75, 3.05) is 26.2 Å². The van der Waals surface area contributed by atoms with E-state index in [1.165, 1.54) is 37.4 Å². The third kappa shape index (κ3) is 6.47. The number of hydrogen-bond acceptors (Lipinski definition) is 4. The molecule has 2 rings (SSSR count). The average Bonchev–Trinajstić information content (AvgIpc) is 2.92. The van der Waals surface area contributed by atoms with Crippen LogP contribution in [-0.2, 0) is 6.54 Å². The van der Waals surface area contributed by atoms with E-state index in [2.05, 4.69) is 53.2 Å². The molecule has 6 heteroatoms. The SMILES string of the molecule is CCNC(=NCc1ncc(C)s1)NC1CCN(CC(C)C)CC1. The van der Waals surface area contributed by atoms with Gasteiger partial charge in [0, 0.05) is 43.3 Å². The first kappa shape index (κ1) is 18.2. The van der Waals surface area contributed by atoms with Crippen LogP contribution in [-0.4, -0.2) is 48.1 Å². The summed E-state index contributed by atoms with van der Waals surface area (Å²) < 4.78 is 0. The molecule has 1 saturated heterocycles. The highest BCUT2D eigenvalue weighted by atomic mass is 32.1. The third-order valence-electron chi connectivity index (χ3n) is 3.94. The molecule has 0 aromatic carbocycles. The largest absolute Gasteiger partial charge is 0.357 e. The van der Waals surface area contributed by atoms with Crippen LogP contribution < -0.4 is 10.6 Å². The lowest BCUT2D eigenvalue weighted by atomic mass is 10.0. The fourth-order valence-electron chi connectivity index (χ4n) is 2.91. The summed E-state index contributed by atoms with van der Waals surface area (Å²) in [4.78, 5) is 12.9. The fourth-order valence-corrected chi connectivity index (χ4v) is 3.62. The number of guanidine groups is 1. The molecule has 130 valence electrons. The Balaban J connectivity index is 1.82. The molecule has 0 saturated carbocycles. The first-order valence-electron chi connectivity index (χ1n) is 8.75. The van der Waals surface area contributed by atoms with E-state index in [0.717, 1.165) is 23.4 Å². The number of hydrogen-bond donors (Lipinski definition) is 2. The maximum Gasteiger partial charge on any atom is 0.191 e. The Hall–Kier alpha value is -1.14. The predicted molar refractivity (Wildman–Crippen MR) is 99.1 cm³/mol. The Kier molecular flexibility index (Phi) is 7.30. The molecule has 1 aromatic heterocycles. The van der Waals surface area contributed by atoms with Gasteiger partial charge in [0.05, 0.1) is 6.54 Å². The standard InChI is InChI=1S/C17H31N5S/c1-5-18-17(20-11-16-19-10-14(4)23-16)21-15-6-8-22(9-7-15)12-13(2)3/h10,13,15H,5-9,11-12H2,1-4H3,(H2,18,20,21). The van der Waals surface area contributed by atoms with Gasteiger partial charge in [-0.1, -0.05) is 13.8 Å². The summed E-state index contributed by atoms with van der Waals surface area (Å²) in [6, 6.07) is 0.522. The van der Waals surface area contributed by atoms with Crippen LogP contribution in [0.4, 0.5) is 0 Å². The third-order valence-corrected chi connectivity index (χ3v) is 4.84. The van der Waals surface area contributed by atoms with Gasteiger partial charge >= 0.3 is 0 Å². The van der Waals surface area contributed by atoms with Crippen molar-refractivity contribution < 1.29 is 0 Å². The van der Waals surface area contributed by atoms with Crippen molar-refractivity contribution in [1.82, 2.24) is 20.5 Å². The summed E-state index contributed by atoms with van der Waals surface area (Å²) in [6.45, 7) is 13.9. The van der Waals surface area contributed by atoms with Crippen LogP contribution in [0.25, 0.3) is 0 Å². The van der Waals surface area contributed by atoms with Crippen LogP contribution in [0.5, 0.6) is 0 Å². The maximum absolute atomic E-state index is 4.69. The average molecular weight is 338 g/mol. The van der Waals surface area contributed by atoms with Gasteiger partial charge in [-0.2, -0.15) is 0 Å². The van der Waals surface area contributed by atoms with Crippen molar-refractivity contribution in [3.05, 3.63) is 16.1 Å². The van der Waals surface area contributed by atoms with E-state index in [0.29, 0.717) is 12.6 Å². The van der Waals surface area contributed by atoms with Crippen LogP contribution >= 0.6 is 11.3 Å². The molecule has 2 heterocycles. The summed E-state index contributed by atoms with van der Waals surface area (Å²) >= 11 is 1.72. The molecule has 0 radical (unpaired) electrons. The van der Waals surface area contributed by atoms with Gasteiger partial charge in [-0.15, -0.1) is 11.3 Å². The van der Waals surface area contributed by atoms with Gasteiger partial charge in [-0.3, -0.25) is 0 Å². The van der Waals surface area contributed by atoms with Crippen LogP contribution in [0.2, 0.25) is 0 Å². The second kappa shape index (κ2) is 9.23. The molecule has 2 N–H and O–H groups in total. The first-order chi connectivity index (χ1) is 11.1. The minimum atomic E-state index is 0.522. The van der Waals surface area contributed by atoms with Crippen molar-refractivity contribution in [2.24, 2.45) is 10.9 Å². The molecular formula is C17H31N5S. The predicted octanol–water partition coefficient (Wildman–Crippen LogP) is 2.63. The van der Waals surface area contributed by atoms with Gasteiger partial charge < -0.3 is 15.5 Å². The fraction of sp³-hybridized carbons (Fsp3) is 0.765. The second-order valence-corrected chi connectivity index (χ2v) is 7.99. The van der Waals surface area contributed by atoms with Gasteiger partial charge in [-0.25, -0.2) is 9.98 Å². The van der Waals surface area contributed by atoms with Gasteiger partial charge in [0.25, 0.3) is 0 Å². The molecule has 0 atom stereocenters. The molecule has 1 aromatic rings. The molecule has 1 aliphatic heterocycles. The zero-order chi connectivity index (χ0) is 16.7. The Morgan fingerprint density at radius 3 is 2.74 bits per heavy atom. The highest BCUT2D eigenvalue weighted by Crippen LogP contribution is 2.13. The number of nitrogens with zero attached hydrogens (tertiary/aromatic N) is 3. The summed E-state index contributed by atoms with van der Waals surface area (Å²) in [5.74, 6) is 1.67. The van der Waals surface area contributed by atoms with Gasteiger partial charge in [0.1, 0.15) is 5.01 Å². The number of rotatable bonds is 6. The van der Waals surface area contributed by atoms with Crippen molar-refractivity contribution in [2.45, 2.75) is 53.1 Å². The number of thiazole rings is 1. The van der Waals surface area contributed by atoms with E-state index in [4.69, 9.17) is 0 Å². The molecule has 1 aliphatic rings. The molecule has 0 amide bonds. The lowest BCUT2D eigenvalue weighted by Gasteiger charge is -2.34. The van der Waals surface area contributed by atoms with E-state index in [1.54, 1.807) is 11.3 Å². The smallest absolute Gasteiger partial charge is 0.191 e. The van der Waals surface area contributed by atoms with Gasteiger partial charge in [-0.05, 0) is 32.6 Å². The van der Waals surface area contributed by atoms with E-state index < -0.39 is 0 Å². The zero-order valence-electron chi connectivity index (χ0n) is 14.9. The summed E-state index contributed by atoms with van der Waals surface area (Å²) in [5.41, 5.74) is 0. The topological polar surface area (TPSA) is 52.6 Å². The number of likely N-dealkylation sites (tertiary alicyclic amines) is 1. The molecule has 0 aliphatic carbocycles. The normalized spacial score (nSPS) is 17.7. The lowest BCUT2D eigenvalue weighted by Crippen LogP contribution is -2.49. The zero-order valence-corrected chi connectivity index (χ0v) is 15.7. The Labute approximate surface area is 144 Å². The van der Waals surface area contributed by atoms with E-state index >= 15 is 0 Å². The minimum absolute atomic E-state index is 0.522. The second-order valence-electron chi connectivity index (χ2n) is 6.67. The molecule has 5 nitrogen and oxygen atoms in total. The van der Waals surface area contributed by atoms with Gasteiger partial charge in [0.15, 0.2) is 5.96 Å². The van der Waals surface area contributed by atoms with E-state index in [1.807, 2.05) is 6.20 Å². The van der Waals surface area contributed by atoms with Crippen molar-refractivity contribution in [3.8, 4) is 0 Å². The Morgan fingerprint density at radius 1 is 1.43 bits per heavy atom.